The fourth-order valence-electron chi connectivity index (χ4n) is 5.50. The summed E-state index contributed by atoms with van der Waals surface area (Å²) in [5.74, 6) is 0.723. The van der Waals surface area contributed by atoms with Crippen molar-refractivity contribution in [3.63, 3.8) is 0 Å². The van der Waals surface area contributed by atoms with Gasteiger partial charge in [-0.3, -0.25) is 24.6 Å². The number of hydrogen-bond donors (Lipinski definition) is 1. The van der Waals surface area contributed by atoms with Crippen molar-refractivity contribution in [3.8, 4) is 11.5 Å². The Hall–Kier alpha value is -4.66. The number of ketones is 1. The predicted octanol–water partition coefficient (Wildman–Crippen LogP) is 5.92. The van der Waals surface area contributed by atoms with Gasteiger partial charge in [-0.25, -0.2) is 0 Å². The topological polar surface area (TPSA) is 111 Å². The zero-order chi connectivity index (χ0) is 27.7. The molecule has 1 amide bonds. The number of nitrogens with zero attached hydrogens (tertiary/aromatic N) is 2. The Kier molecular flexibility index (Phi) is 7.06. The Bertz CT molecular complexity index is 1500. The lowest BCUT2D eigenvalue weighted by atomic mass is 9.78. The molecule has 1 N–H and O–H groups in total. The molecular weight excluding hydrogens is 498 g/mol. The van der Waals surface area contributed by atoms with Crippen LogP contribution in [0.1, 0.15) is 49.3 Å². The Morgan fingerprint density at radius 1 is 1.00 bits per heavy atom. The minimum atomic E-state index is -0.817. The van der Waals surface area contributed by atoms with Gasteiger partial charge in [-0.2, -0.15) is 0 Å². The number of rotatable bonds is 6. The number of allylic oxidation sites excluding steroid dienone is 1. The predicted molar refractivity (Wildman–Crippen MR) is 147 cm³/mol. The number of nitro groups is 1. The van der Waals surface area contributed by atoms with Crippen LogP contribution in [0.4, 0.5) is 17.1 Å². The fraction of sp³-hybridized carbons (Fsp3) is 0.267. The summed E-state index contributed by atoms with van der Waals surface area (Å²) in [6.07, 6.45) is 0.918. The molecule has 9 nitrogen and oxygen atoms in total. The number of amides is 1. The van der Waals surface area contributed by atoms with Gasteiger partial charge in [0.25, 0.3) is 5.69 Å². The number of non-ortho nitro benzene ring substituents is 1. The molecule has 9 heteroatoms. The van der Waals surface area contributed by atoms with E-state index in [-0.39, 0.29) is 36.1 Å². The van der Waals surface area contributed by atoms with Gasteiger partial charge in [0.2, 0.25) is 5.91 Å². The number of Topliss-reactive ketones (excluding diaryl/α,β-unsaturated/α-hetero) is 1. The maximum atomic E-state index is 14.0. The molecule has 0 saturated heterocycles. The molecule has 39 heavy (non-hydrogen) atoms. The van der Waals surface area contributed by atoms with Crippen LogP contribution >= 0.6 is 0 Å². The van der Waals surface area contributed by atoms with E-state index in [1.807, 2.05) is 42.5 Å². The van der Waals surface area contributed by atoms with Gasteiger partial charge < -0.3 is 14.8 Å². The molecule has 2 atom stereocenters. The number of nitrogens with one attached hydrogen (secondary N) is 1. The Morgan fingerprint density at radius 2 is 1.77 bits per heavy atom. The van der Waals surface area contributed by atoms with Crippen molar-refractivity contribution in [1.29, 1.82) is 0 Å². The largest absolute Gasteiger partial charge is 0.493 e. The molecular formula is C30H29N3O6. The third-order valence-electron chi connectivity index (χ3n) is 7.34. The number of anilines is 2. The summed E-state index contributed by atoms with van der Waals surface area (Å²) in [5, 5.41) is 15.1. The van der Waals surface area contributed by atoms with E-state index >= 15 is 0 Å². The number of fused-ring (bicyclic) bond motifs is 1. The molecule has 0 unspecified atom stereocenters. The summed E-state index contributed by atoms with van der Waals surface area (Å²) in [5.41, 5.74) is 3.79. The third-order valence-corrected chi connectivity index (χ3v) is 7.34. The number of ether oxygens (including phenoxy) is 2. The first kappa shape index (κ1) is 26.0. The maximum Gasteiger partial charge on any atom is 0.269 e. The maximum absolute atomic E-state index is 14.0. The van der Waals surface area contributed by atoms with Gasteiger partial charge in [-0.05, 0) is 47.7 Å². The van der Waals surface area contributed by atoms with Gasteiger partial charge in [0.05, 0.1) is 36.6 Å². The zero-order valence-electron chi connectivity index (χ0n) is 22.0. The second-order valence-corrected chi connectivity index (χ2v) is 9.55. The van der Waals surface area contributed by atoms with Crippen LogP contribution in [0.25, 0.3) is 0 Å². The molecule has 1 aliphatic carbocycles. The molecule has 1 aliphatic heterocycles. The highest BCUT2D eigenvalue weighted by atomic mass is 16.6. The van der Waals surface area contributed by atoms with Crippen LogP contribution in [0, 0.1) is 10.1 Å². The van der Waals surface area contributed by atoms with Gasteiger partial charge >= 0.3 is 0 Å². The second-order valence-electron chi connectivity index (χ2n) is 9.55. The second kappa shape index (κ2) is 10.6. The SMILES string of the molecule is CCC(=O)N1c2ccccc2NC2=C(C(=O)C[C@@H](c3ccc(OC)c(OC)c3)C2)[C@H]1c1cccc([N+](=O)[O-])c1. The minimum Gasteiger partial charge on any atom is -0.493 e. The monoisotopic (exact) mass is 527 g/mol. The summed E-state index contributed by atoms with van der Waals surface area (Å²) in [4.78, 5) is 40.3. The highest BCUT2D eigenvalue weighted by Crippen LogP contribution is 2.48. The van der Waals surface area contributed by atoms with Crippen molar-refractivity contribution in [2.75, 3.05) is 24.4 Å². The number of carbonyl (C=O) groups is 2. The summed E-state index contributed by atoms with van der Waals surface area (Å²) in [7, 11) is 3.14. The summed E-state index contributed by atoms with van der Waals surface area (Å²) in [6.45, 7) is 1.76. The van der Waals surface area contributed by atoms with Crippen LogP contribution in [-0.4, -0.2) is 30.8 Å². The molecule has 0 saturated carbocycles. The quantitative estimate of drug-likeness (QED) is 0.313. The first-order valence-electron chi connectivity index (χ1n) is 12.8. The van der Waals surface area contributed by atoms with Crippen molar-refractivity contribution in [3.05, 3.63) is 99.2 Å². The number of methoxy groups -OCH3 is 2. The van der Waals surface area contributed by atoms with E-state index in [0.717, 1.165) is 5.56 Å². The van der Waals surface area contributed by atoms with Gasteiger partial charge in [-0.15, -0.1) is 0 Å². The van der Waals surface area contributed by atoms with E-state index in [2.05, 4.69) is 5.32 Å². The standard InChI is InChI=1S/C30H29N3O6/c1-4-28(35)32-24-11-6-5-10-22(24)31-23-15-20(18-12-13-26(38-2)27(17-18)39-3)16-25(34)29(23)30(32)19-8-7-9-21(14-19)33(36)37/h5-14,17,20,30-31H,4,15-16H2,1-3H3/t20-,30+/m0/s1. The van der Waals surface area contributed by atoms with Crippen LogP contribution in [-0.2, 0) is 9.59 Å². The lowest BCUT2D eigenvalue weighted by molar-refractivity contribution is -0.384. The van der Waals surface area contributed by atoms with Gasteiger partial charge in [-0.1, -0.05) is 37.3 Å². The molecule has 1 heterocycles. The van der Waals surface area contributed by atoms with Crippen molar-refractivity contribution in [2.45, 2.75) is 38.1 Å². The summed E-state index contributed by atoms with van der Waals surface area (Å²) < 4.78 is 10.9. The van der Waals surface area contributed by atoms with E-state index in [1.54, 1.807) is 38.2 Å². The average Bonchev–Trinajstić information content (AvgIpc) is 3.11. The number of carbonyl (C=O) groups excluding carboxylic acids is 2. The fourth-order valence-corrected chi connectivity index (χ4v) is 5.50. The number of nitro benzene ring substituents is 1. The molecule has 200 valence electrons. The third kappa shape index (κ3) is 4.71. The van der Waals surface area contributed by atoms with E-state index in [4.69, 9.17) is 9.47 Å². The Balaban J connectivity index is 1.69. The lowest BCUT2D eigenvalue weighted by Gasteiger charge is -2.35. The zero-order valence-corrected chi connectivity index (χ0v) is 22.0. The molecule has 3 aromatic carbocycles. The number of benzene rings is 3. The van der Waals surface area contributed by atoms with Gasteiger partial charge in [0, 0.05) is 36.2 Å². The number of para-hydroxylation sites is 2. The smallest absolute Gasteiger partial charge is 0.269 e. The Morgan fingerprint density at radius 3 is 2.49 bits per heavy atom. The van der Waals surface area contributed by atoms with Crippen molar-refractivity contribution < 1.29 is 24.0 Å². The van der Waals surface area contributed by atoms with E-state index in [0.29, 0.717) is 46.1 Å². The molecule has 5 rings (SSSR count). The van der Waals surface area contributed by atoms with Crippen molar-refractivity contribution in [1.82, 2.24) is 0 Å². The Labute approximate surface area is 226 Å². The van der Waals surface area contributed by atoms with E-state index < -0.39 is 11.0 Å². The van der Waals surface area contributed by atoms with Crippen LogP contribution in [0.3, 0.4) is 0 Å². The van der Waals surface area contributed by atoms with Gasteiger partial charge in [0.1, 0.15) is 0 Å². The normalized spacial score (nSPS) is 18.4. The van der Waals surface area contributed by atoms with Gasteiger partial charge in [0.15, 0.2) is 17.3 Å². The molecule has 0 radical (unpaired) electrons. The highest BCUT2D eigenvalue weighted by molar-refractivity contribution is 6.06. The molecule has 3 aromatic rings. The van der Waals surface area contributed by atoms with Crippen LogP contribution in [0.2, 0.25) is 0 Å². The van der Waals surface area contributed by atoms with Crippen molar-refractivity contribution >= 4 is 28.8 Å². The molecule has 2 aliphatic rings. The summed E-state index contributed by atoms with van der Waals surface area (Å²) in [6, 6.07) is 18.4. The molecule has 0 bridgehead atoms. The average molecular weight is 528 g/mol. The first-order valence-corrected chi connectivity index (χ1v) is 12.8. The molecule has 0 fully saturated rings. The molecule has 0 aromatic heterocycles. The van der Waals surface area contributed by atoms with E-state index in [9.17, 15) is 19.7 Å². The van der Waals surface area contributed by atoms with Crippen LogP contribution in [0.5, 0.6) is 11.5 Å². The first-order chi connectivity index (χ1) is 18.9. The minimum absolute atomic E-state index is 0.101. The summed E-state index contributed by atoms with van der Waals surface area (Å²) >= 11 is 0. The lowest BCUT2D eigenvalue weighted by Crippen LogP contribution is -2.38. The molecule has 0 spiro atoms. The van der Waals surface area contributed by atoms with Crippen LogP contribution in [0.15, 0.2) is 78.0 Å². The van der Waals surface area contributed by atoms with Crippen LogP contribution < -0.4 is 19.7 Å². The van der Waals surface area contributed by atoms with E-state index in [1.165, 1.54) is 12.1 Å². The highest BCUT2D eigenvalue weighted by Gasteiger charge is 2.41. The number of hydrogen-bond acceptors (Lipinski definition) is 7. The van der Waals surface area contributed by atoms with Crippen molar-refractivity contribution in [2.24, 2.45) is 0 Å².